The van der Waals surface area contributed by atoms with Crippen LogP contribution >= 0.6 is 11.8 Å². The average Bonchev–Trinajstić information content (AvgIpc) is 2.26. The van der Waals surface area contributed by atoms with E-state index in [4.69, 9.17) is 4.74 Å². The molecule has 1 aromatic rings. The molecule has 1 rings (SSSR count). The summed E-state index contributed by atoms with van der Waals surface area (Å²) >= 11 is 1.22. The zero-order chi connectivity index (χ0) is 11.8. The van der Waals surface area contributed by atoms with Gasteiger partial charge < -0.3 is 4.74 Å². The summed E-state index contributed by atoms with van der Waals surface area (Å²) < 4.78 is 5.44. The zero-order valence-corrected chi connectivity index (χ0v) is 10.3. The molecule has 84 valence electrons. The van der Waals surface area contributed by atoms with Crippen LogP contribution in [0, 0.1) is 11.8 Å². The van der Waals surface area contributed by atoms with Crippen LogP contribution in [0.3, 0.4) is 0 Å². The van der Waals surface area contributed by atoms with Crippen LogP contribution in [0.25, 0.3) is 0 Å². The predicted molar refractivity (Wildman–Crippen MR) is 67.6 cm³/mol. The van der Waals surface area contributed by atoms with E-state index in [9.17, 15) is 4.79 Å². The first kappa shape index (κ1) is 12.7. The van der Waals surface area contributed by atoms with Crippen LogP contribution in [0.1, 0.15) is 19.4 Å². The number of carbonyl (C=O) groups is 1. The summed E-state index contributed by atoms with van der Waals surface area (Å²) in [7, 11) is 0. The third-order valence-electron chi connectivity index (χ3n) is 1.76. The van der Waals surface area contributed by atoms with Gasteiger partial charge in [0, 0.05) is 6.92 Å². The molecule has 0 radical (unpaired) electrons. The van der Waals surface area contributed by atoms with Crippen LogP contribution < -0.4 is 4.74 Å². The van der Waals surface area contributed by atoms with Gasteiger partial charge in [-0.1, -0.05) is 35.7 Å². The molecule has 2 nitrogen and oxygen atoms in total. The highest BCUT2D eigenvalue weighted by Gasteiger charge is 1.97. The predicted octanol–water partition coefficient (Wildman–Crippen LogP) is 2.72. The highest BCUT2D eigenvalue weighted by Crippen LogP contribution is 2.16. The Kier molecular flexibility index (Phi) is 5.52. The molecule has 0 atom stereocenters. The fourth-order valence-corrected chi connectivity index (χ4v) is 1.47. The van der Waals surface area contributed by atoms with Crippen molar-refractivity contribution in [2.45, 2.75) is 13.8 Å². The van der Waals surface area contributed by atoms with Gasteiger partial charge in [-0.05, 0) is 19.1 Å². The minimum absolute atomic E-state index is 0.0902. The van der Waals surface area contributed by atoms with Gasteiger partial charge in [-0.2, -0.15) is 0 Å². The topological polar surface area (TPSA) is 26.3 Å². The van der Waals surface area contributed by atoms with E-state index in [1.54, 1.807) is 6.92 Å². The summed E-state index contributed by atoms with van der Waals surface area (Å²) in [6.45, 7) is 4.11. The maximum absolute atomic E-state index is 10.7. The summed E-state index contributed by atoms with van der Waals surface area (Å²) in [6.07, 6.45) is 0. The molecule has 0 bridgehead atoms. The number of benzene rings is 1. The highest BCUT2D eigenvalue weighted by atomic mass is 32.2. The molecule has 0 aliphatic heterocycles. The van der Waals surface area contributed by atoms with Gasteiger partial charge in [0.15, 0.2) is 5.12 Å². The van der Waals surface area contributed by atoms with Crippen molar-refractivity contribution >= 4 is 16.9 Å². The van der Waals surface area contributed by atoms with Crippen molar-refractivity contribution in [3.63, 3.8) is 0 Å². The number of hydrogen-bond donors (Lipinski definition) is 0. The van der Waals surface area contributed by atoms with Gasteiger partial charge in [0.2, 0.25) is 0 Å². The second kappa shape index (κ2) is 6.97. The van der Waals surface area contributed by atoms with E-state index in [0.717, 1.165) is 11.3 Å². The van der Waals surface area contributed by atoms with E-state index in [1.165, 1.54) is 11.8 Å². The van der Waals surface area contributed by atoms with E-state index in [2.05, 4.69) is 11.8 Å². The van der Waals surface area contributed by atoms with Crippen molar-refractivity contribution in [2.24, 2.45) is 0 Å². The second-order valence-corrected chi connectivity index (χ2v) is 4.16. The summed E-state index contributed by atoms with van der Waals surface area (Å²) in [5, 5.41) is 0.0902. The van der Waals surface area contributed by atoms with Gasteiger partial charge in [0.1, 0.15) is 5.75 Å². The minimum atomic E-state index is 0.0902. The van der Waals surface area contributed by atoms with Crippen molar-refractivity contribution in [3.8, 4) is 17.6 Å². The lowest BCUT2D eigenvalue weighted by molar-refractivity contribution is -0.109. The number of thioether (sulfide) groups is 1. The Bertz CT molecular complexity index is 415. The fraction of sp³-hybridized carbons (Fsp3) is 0.308. The molecular formula is C13H14O2S. The standard InChI is InChI=1S/C13H14O2S/c1-3-15-13-9-5-4-7-12(13)8-6-10-16-11(2)14/h4-5,7,9H,3,10H2,1-2H3. The van der Waals surface area contributed by atoms with Crippen LogP contribution in [0.2, 0.25) is 0 Å². The Balaban J connectivity index is 2.68. The molecule has 0 aromatic heterocycles. The fourth-order valence-electron chi connectivity index (χ4n) is 1.12. The van der Waals surface area contributed by atoms with Gasteiger partial charge in [-0.25, -0.2) is 0 Å². The van der Waals surface area contributed by atoms with Crippen LogP contribution in [0.5, 0.6) is 5.75 Å². The largest absolute Gasteiger partial charge is 0.493 e. The summed E-state index contributed by atoms with van der Waals surface area (Å²) in [5.74, 6) is 7.27. The Morgan fingerprint density at radius 3 is 2.88 bits per heavy atom. The summed E-state index contributed by atoms with van der Waals surface area (Å²) in [5.41, 5.74) is 0.869. The first-order chi connectivity index (χ1) is 7.74. The first-order valence-corrected chi connectivity index (χ1v) is 6.06. The molecule has 0 saturated carbocycles. The molecule has 0 amide bonds. The van der Waals surface area contributed by atoms with Crippen molar-refractivity contribution < 1.29 is 9.53 Å². The lowest BCUT2D eigenvalue weighted by atomic mass is 10.2. The molecule has 0 fully saturated rings. The van der Waals surface area contributed by atoms with Crippen molar-refractivity contribution in [3.05, 3.63) is 29.8 Å². The third kappa shape index (κ3) is 4.41. The van der Waals surface area contributed by atoms with E-state index in [1.807, 2.05) is 31.2 Å². The van der Waals surface area contributed by atoms with E-state index >= 15 is 0 Å². The van der Waals surface area contributed by atoms with E-state index < -0.39 is 0 Å². The molecule has 0 unspecified atom stereocenters. The smallest absolute Gasteiger partial charge is 0.186 e. The molecule has 16 heavy (non-hydrogen) atoms. The van der Waals surface area contributed by atoms with Gasteiger partial charge in [-0.15, -0.1) is 0 Å². The first-order valence-electron chi connectivity index (χ1n) is 5.08. The van der Waals surface area contributed by atoms with Gasteiger partial charge >= 0.3 is 0 Å². The molecule has 0 heterocycles. The van der Waals surface area contributed by atoms with Crippen LogP contribution in [0.4, 0.5) is 0 Å². The molecule has 0 aliphatic carbocycles. The SMILES string of the molecule is CCOc1ccccc1C#CCSC(C)=O. The highest BCUT2D eigenvalue weighted by molar-refractivity contribution is 8.13. The number of carbonyl (C=O) groups excluding carboxylic acids is 1. The van der Waals surface area contributed by atoms with Gasteiger partial charge in [-0.3, -0.25) is 4.79 Å². The molecule has 3 heteroatoms. The van der Waals surface area contributed by atoms with E-state index in [-0.39, 0.29) is 5.12 Å². The quantitative estimate of drug-likeness (QED) is 0.752. The Morgan fingerprint density at radius 2 is 2.19 bits per heavy atom. The van der Waals surface area contributed by atoms with Crippen LogP contribution in [0.15, 0.2) is 24.3 Å². The molecule has 0 aliphatic rings. The monoisotopic (exact) mass is 234 g/mol. The van der Waals surface area contributed by atoms with Crippen LogP contribution in [-0.2, 0) is 4.79 Å². The van der Waals surface area contributed by atoms with Gasteiger partial charge in [0.05, 0.1) is 17.9 Å². The van der Waals surface area contributed by atoms with Crippen molar-refractivity contribution in [1.29, 1.82) is 0 Å². The molecule has 1 aromatic carbocycles. The number of rotatable bonds is 3. The zero-order valence-electron chi connectivity index (χ0n) is 9.45. The Morgan fingerprint density at radius 1 is 1.44 bits per heavy atom. The summed E-state index contributed by atoms with van der Waals surface area (Å²) in [4.78, 5) is 10.7. The lowest BCUT2D eigenvalue weighted by Gasteiger charge is -2.04. The Labute approximate surface area is 100 Å². The second-order valence-electron chi connectivity index (χ2n) is 3.01. The summed E-state index contributed by atoms with van der Waals surface area (Å²) in [6, 6.07) is 7.65. The van der Waals surface area contributed by atoms with Crippen molar-refractivity contribution in [2.75, 3.05) is 12.4 Å². The van der Waals surface area contributed by atoms with Crippen molar-refractivity contribution in [1.82, 2.24) is 0 Å². The molecule has 0 spiro atoms. The molecule has 0 saturated heterocycles. The lowest BCUT2D eigenvalue weighted by Crippen LogP contribution is -1.93. The maximum Gasteiger partial charge on any atom is 0.186 e. The van der Waals surface area contributed by atoms with Crippen LogP contribution in [-0.4, -0.2) is 17.5 Å². The molecule has 0 N–H and O–H groups in total. The third-order valence-corrected chi connectivity index (χ3v) is 2.45. The molecular weight excluding hydrogens is 220 g/mol. The number of ether oxygens (including phenoxy) is 1. The number of para-hydroxylation sites is 1. The van der Waals surface area contributed by atoms with Gasteiger partial charge in [0.25, 0.3) is 0 Å². The minimum Gasteiger partial charge on any atom is -0.493 e. The Hall–Kier alpha value is -1.40. The average molecular weight is 234 g/mol. The normalized spacial score (nSPS) is 9.12. The maximum atomic E-state index is 10.7. The number of hydrogen-bond acceptors (Lipinski definition) is 3. The van der Waals surface area contributed by atoms with E-state index in [0.29, 0.717) is 12.4 Å².